The molecule has 9 heteroatoms. The third-order valence-corrected chi connectivity index (χ3v) is 6.49. The number of amides is 1. The number of thioether (sulfide) groups is 1. The fourth-order valence-corrected chi connectivity index (χ4v) is 4.34. The van der Waals surface area contributed by atoms with Gasteiger partial charge in [-0.3, -0.25) is 4.79 Å². The maximum atomic E-state index is 11.9. The molecule has 1 aliphatic rings. The van der Waals surface area contributed by atoms with E-state index in [0.29, 0.717) is 25.9 Å². The van der Waals surface area contributed by atoms with Crippen LogP contribution in [-0.4, -0.2) is 40.3 Å². The van der Waals surface area contributed by atoms with E-state index in [-0.39, 0.29) is 12.5 Å². The molecule has 5 nitrogen and oxygen atoms in total. The van der Waals surface area contributed by atoms with Gasteiger partial charge < -0.3 is 9.64 Å². The van der Waals surface area contributed by atoms with Crippen molar-refractivity contribution in [2.75, 3.05) is 23.7 Å². The molecule has 0 saturated carbocycles. The van der Waals surface area contributed by atoms with Crippen molar-refractivity contribution in [3.63, 3.8) is 0 Å². The van der Waals surface area contributed by atoms with Crippen LogP contribution >= 0.6 is 47.2 Å². The van der Waals surface area contributed by atoms with Crippen LogP contribution in [0.2, 0.25) is 10.0 Å². The van der Waals surface area contributed by atoms with E-state index >= 15 is 0 Å². The molecular formula is C21H21Cl2N3O2S2. The summed E-state index contributed by atoms with van der Waals surface area (Å²) in [5.41, 5.74) is 2.60. The van der Waals surface area contributed by atoms with Gasteiger partial charge in [-0.2, -0.15) is 10.1 Å². The van der Waals surface area contributed by atoms with Gasteiger partial charge in [0.05, 0.1) is 12.0 Å². The molecule has 0 unspecified atom stereocenters. The standard InChI is InChI=1S/C21H21Cl2N3O2S2/c1-3-25(4-2)17-8-6-14(11-24-26-20(27)13-30-21(26)29)19(10-17)28-12-15-5-7-16(22)9-18(15)23/h5-11H,3-4,12-13H2,1-2H3/b24-11+. The van der Waals surface area contributed by atoms with Gasteiger partial charge in [0.2, 0.25) is 0 Å². The smallest absolute Gasteiger partial charge is 0.259 e. The zero-order valence-electron chi connectivity index (χ0n) is 16.6. The Kier molecular flexibility index (Phi) is 7.99. The zero-order valence-corrected chi connectivity index (χ0v) is 19.7. The van der Waals surface area contributed by atoms with Crippen LogP contribution in [0.3, 0.4) is 0 Å². The quantitative estimate of drug-likeness (QED) is 0.361. The highest BCUT2D eigenvalue weighted by atomic mass is 35.5. The maximum absolute atomic E-state index is 11.9. The Balaban J connectivity index is 1.89. The highest BCUT2D eigenvalue weighted by Crippen LogP contribution is 2.28. The molecule has 1 saturated heterocycles. The monoisotopic (exact) mass is 481 g/mol. The van der Waals surface area contributed by atoms with E-state index in [2.05, 4.69) is 23.8 Å². The first-order valence-corrected chi connectivity index (χ1v) is 11.6. The molecule has 0 bridgehead atoms. The lowest BCUT2D eigenvalue weighted by molar-refractivity contribution is -0.123. The summed E-state index contributed by atoms with van der Waals surface area (Å²) in [7, 11) is 0. The molecule has 3 rings (SSSR count). The fraction of sp³-hybridized carbons (Fsp3) is 0.286. The van der Waals surface area contributed by atoms with Crippen molar-refractivity contribution in [1.29, 1.82) is 0 Å². The van der Waals surface area contributed by atoms with Gasteiger partial charge in [-0.05, 0) is 38.1 Å². The molecular weight excluding hydrogens is 461 g/mol. The minimum absolute atomic E-state index is 0.128. The SMILES string of the molecule is CCN(CC)c1ccc(/C=N/N2C(=O)CSC2=S)c(OCc2ccc(Cl)cc2Cl)c1. The lowest BCUT2D eigenvalue weighted by atomic mass is 10.1. The van der Waals surface area contributed by atoms with Crippen LogP contribution in [0.4, 0.5) is 5.69 Å². The molecule has 0 spiro atoms. The molecule has 1 fully saturated rings. The number of benzene rings is 2. The Morgan fingerprint density at radius 1 is 1.23 bits per heavy atom. The highest BCUT2D eigenvalue weighted by molar-refractivity contribution is 8.23. The van der Waals surface area contributed by atoms with Crippen molar-refractivity contribution in [2.24, 2.45) is 5.10 Å². The van der Waals surface area contributed by atoms with Crippen LogP contribution in [-0.2, 0) is 11.4 Å². The van der Waals surface area contributed by atoms with E-state index in [1.54, 1.807) is 18.3 Å². The van der Waals surface area contributed by atoms with E-state index in [1.165, 1.54) is 16.8 Å². The van der Waals surface area contributed by atoms with Gasteiger partial charge in [0.1, 0.15) is 12.4 Å². The molecule has 30 heavy (non-hydrogen) atoms. The van der Waals surface area contributed by atoms with Crippen molar-refractivity contribution in [2.45, 2.75) is 20.5 Å². The molecule has 0 aromatic heterocycles. The average molecular weight is 482 g/mol. The Bertz CT molecular complexity index is 965. The third kappa shape index (κ3) is 5.46. The summed E-state index contributed by atoms with van der Waals surface area (Å²) in [6.07, 6.45) is 1.60. The summed E-state index contributed by atoms with van der Waals surface area (Å²) in [5, 5.41) is 6.64. The first kappa shape index (κ1) is 22.9. The first-order chi connectivity index (χ1) is 14.4. The van der Waals surface area contributed by atoms with Crippen LogP contribution in [0.15, 0.2) is 41.5 Å². The van der Waals surface area contributed by atoms with Crippen molar-refractivity contribution < 1.29 is 9.53 Å². The molecule has 2 aromatic carbocycles. The summed E-state index contributed by atoms with van der Waals surface area (Å²) in [4.78, 5) is 14.1. The van der Waals surface area contributed by atoms with Gasteiger partial charge >= 0.3 is 0 Å². The number of halogens is 2. The van der Waals surface area contributed by atoms with Gasteiger partial charge in [0.25, 0.3) is 5.91 Å². The van der Waals surface area contributed by atoms with E-state index < -0.39 is 0 Å². The van der Waals surface area contributed by atoms with Crippen LogP contribution in [0.25, 0.3) is 0 Å². The van der Waals surface area contributed by atoms with Crippen molar-refractivity contribution >= 4 is 69.3 Å². The zero-order chi connectivity index (χ0) is 21.7. The minimum atomic E-state index is -0.128. The third-order valence-electron chi connectivity index (χ3n) is 4.56. The summed E-state index contributed by atoms with van der Waals surface area (Å²) in [6, 6.07) is 11.2. The Morgan fingerprint density at radius 2 is 2.00 bits per heavy atom. The highest BCUT2D eigenvalue weighted by Gasteiger charge is 2.26. The molecule has 158 valence electrons. The normalized spacial score (nSPS) is 14.1. The lowest BCUT2D eigenvalue weighted by Gasteiger charge is -2.22. The number of rotatable bonds is 8. The van der Waals surface area contributed by atoms with E-state index in [0.717, 1.165) is 29.9 Å². The Labute approximate surface area is 196 Å². The number of hydrogen-bond donors (Lipinski definition) is 0. The first-order valence-electron chi connectivity index (χ1n) is 9.42. The van der Waals surface area contributed by atoms with Crippen molar-refractivity contribution in [3.05, 3.63) is 57.6 Å². The van der Waals surface area contributed by atoms with Crippen LogP contribution in [0.5, 0.6) is 5.75 Å². The predicted molar refractivity (Wildman–Crippen MR) is 130 cm³/mol. The van der Waals surface area contributed by atoms with E-state index in [9.17, 15) is 4.79 Å². The van der Waals surface area contributed by atoms with Gasteiger partial charge in [0.15, 0.2) is 4.32 Å². The van der Waals surface area contributed by atoms with E-state index in [4.69, 9.17) is 40.2 Å². The second kappa shape index (κ2) is 10.5. The number of carbonyl (C=O) groups excluding carboxylic acids is 1. The van der Waals surface area contributed by atoms with Gasteiger partial charge in [-0.1, -0.05) is 53.2 Å². The lowest BCUT2D eigenvalue weighted by Crippen LogP contribution is -2.23. The summed E-state index contributed by atoms with van der Waals surface area (Å²) in [6.45, 7) is 6.23. The second-order valence-corrected chi connectivity index (χ2v) is 8.88. The second-order valence-electron chi connectivity index (χ2n) is 6.42. The van der Waals surface area contributed by atoms with Gasteiger partial charge in [-0.25, -0.2) is 0 Å². The molecule has 0 N–H and O–H groups in total. The number of hydrazone groups is 1. The molecule has 1 aliphatic heterocycles. The van der Waals surface area contributed by atoms with Gasteiger partial charge in [0, 0.05) is 46.0 Å². The van der Waals surface area contributed by atoms with Crippen molar-refractivity contribution in [1.82, 2.24) is 5.01 Å². The average Bonchev–Trinajstić information content (AvgIpc) is 3.05. The molecule has 2 aromatic rings. The predicted octanol–water partition coefficient (Wildman–Crippen LogP) is 5.61. The number of carbonyl (C=O) groups is 1. The van der Waals surface area contributed by atoms with Gasteiger partial charge in [-0.15, -0.1) is 0 Å². The summed E-state index contributed by atoms with van der Waals surface area (Å²) in [5.74, 6) is 0.825. The number of anilines is 1. The minimum Gasteiger partial charge on any atom is -0.488 e. The maximum Gasteiger partial charge on any atom is 0.259 e. The van der Waals surface area contributed by atoms with E-state index in [1.807, 2.05) is 24.3 Å². The summed E-state index contributed by atoms with van der Waals surface area (Å²) >= 11 is 18.8. The molecule has 0 atom stereocenters. The summed E-state index contributed by atoms with van der Waals surface area (Å²) < 4.78 is 6.56. The van der Waals surface area contributed by atoms with Crippen LogP contribution in [0, 0.1) is 0 Å². The Hall–Kier alpha value is -1.80. The largest absolute Gasteiger partial charge is 0.488 e. The molecule has 0 radical (unpaired) electrons. The molecule has 1 amide bonds. The van der Waals surface area contributed by atoms with Crippen LogP contribution in [0.1, 0.15) is 25.0 Å². The number of ether oxygens (including phenoxy) is 1. The Morgan fingerprint density at radius 3 is 2.63 bits per heavy atom. The fourth-order valence-electron chi connectivity index (χ4n) is 2.91. The number of hydrogen-bond acceptors (Lipinski definition) is 6. The molecule has 1 heterocycles. The van der Waals surface area contributed by atoms with Crippen molar-refractivity contribution in [3.8, 4) is 5.75 Å². The number of thiocarbonyl (C=S) groups is 1. The number of nitrogens with zero attached hydrogens (tertiary/aromatic N) is 3. The topological polar surface area (TPSA) is 45.1 Å². The van der Waals surface area contributed by atoms with Crippen LogP contribution < -0.4 is 9.64 Å². The molecule has 0 aliphatic carbocycles.